The van der Waals surface area contributed by atoms with E-state index in [1.807, 2.05) is 0 Å². The van der Waals surface area contributed by atoms with Gasteiger partial charge in [0.15, 0.2) is 6.61 Å². The molecule has 1 heterocycles. The van der Waals surface area contributed by atoms with Gasteiger partial charge in [-0.1, -0.05) is 11.6 Å². The second-order valence-electron chi connectivity index (χ2n) is 7.05. The molecule has 1 aliphatic rings. The van der Waals surface area contributed by atoms with E-state index in [2.05, 4.69) is 25.7 Å². The fraction of sp³-hybridized carbons (Fsp3) is 0.529. The molecule has 0 unspecified atom stereocenters. The predicted molar refractivity (Wildman–Crippen MR) is 105 cm³/mol. The van der Waals surface area contributed by atoms with Gasteiger partial charge in [0.25, 0.3) is 11.8 Å². The molecule has 0 aromatic heterocycles. The smallest absolute Gasteiger partial charge is 0.484 e. The van der Waals surface area contributed by atoms with E-state index in [0.29, 0.717) is 29.6 Å². The van der Waals surface area contributed by atoms with Crippen LogP contribution < -0.4 is 20.9 Å². The molecule has 31 heavy (non-hydrogen) atoms. The Kier molecular flexibility index (Phi) is 9.06. The molecule has 1 saturated heterocycles. The zero-order valence-electron chi connectivity index (χ0n) is 16.5. The molecular formula is C17H22ClF4N3O5Si. The van der Waals surface area contributed by atoms with Crippen LogP contribution in [-0.4, -0.2) is 66.0 Å². The van der Waals surface area contributed by atoms with Crippen molar-refractivity contribution in [2.24, 2.45) is 0 Å². The summed E-state index contributed by atoms with van der Waals surface area (Å²) in [6, 6.07) is 3.23. The molecule has 2 atom stereocenters. The Bertz CT molecular complexity index is 779. The van der Waals surface area contributed by atoms with Gasteiger partial charge in [0, 0.05) is 28.0 Å². The van der Waals surface area contributed by atoms with Crippen LogP contribution in [0.4, 0.5) is 17.6 Å². The average Bonchev–Trinajstić information content (AvgIpc) is 2.68. The number of rotatable bonds is 9. The number of hydroxylamine groups is 1. The SMILES string of the molecule is O=C(COc1ccc(Cl)c(F)c1)N[C@]1([SiH3])CC[C@H](C(=O)NOCCOC(F)(F)F)NC1. The van der Waals surface area contributed by atoms with Gasteiger partial charge in [-0.15, -0.1) is 13.2 Å². The second-order valence-corrected chi connectivity index (χ2v) is 9.38. The van der Waals surface area contributed by atoms with Gasteiger partial charge in [-0.25, -0.2) is 9.87 Å². The highest BCUT2D eigenvalue weighted by atomic mass is 35.5. The van der Waals surface area contributed by atoms with Crippen LogP contribution in [-0.2, 0) is 19.2 Å². The lowest BCUT2D eigenvalue weighted by molar-refractivity contribution is -0.327. The van der Waals surface area contributed by atoms with Crippen molar-refractivity contribution >= 4 is 33.7 Å². The number of carbonyl (C=O) groups excluding carboxylic acids is 2. The van der Waals surface area contributed by atoms with Crippen molar-refractivity contribution in [1.29, 1.82) is 0 Å². The monoisotopic (exact) mass is 487 g/mol. The highest BCUT2D eigenvalue weighted by molar-refractivity contribution is 6.30. The third-order valence-electron chi connectivity index (χ3n) is 4.37. The van der Waals surface area contributed by atoms with Gasteiger partial charge in [-0.05, 0) is 25.0 Å². The molecular weight excluding hydrogens is 466 g/mol. The summed E-state index contributed by atoms with van der Waals surface area (Å²) in [6.07, 6.45) is -3.88. The summed E-state index contributed by atoms with van der Waals surface area (Å²) in [6.45, 7) is -1.21. The van der Waals surface area contributed by atoms with Gasteiger partial charge in [-0.3, -0.25) is 19.2 Å². The highest BCUT2D eigenvalue weighted by Crippen LogP contribution is 2.21. The summed E-state index contributed by atoms with van der Waals surface area (Å²) in [5.41, 5.74) is 2.07. The van der Waals surface area contributed by atoms with E-state index >= 15 is 0 Å². The third kappa shape index (κ3) is 8.99. The van der Waals surface area contributed by atoms with Crippen LogP contribution >= 0.6 is 11.6 Å². The fourth-order valence-electron chi connectivity index (χ4n) is 2.81. The molecule has 14 heteroatoms. The summed E-state index contributed by atoms with van der Waals surface area (Å²) in [5, 5.41) is 5.26. The van der Waals surface area contributed by atoms with Crippen LogP contribution in [0.25, 0.3) is 0 Å². The number of benzene rings is 1. The maximum absolute atomic E-state index is 13.4. The lowest BCUT2D eigenvalue weighted by Crippen LogP contribution is -2.63. The Morgan fingerprint density at radius 2 is 2.06 bits per heavy atom. The van der Waals surface area contributed by atoms with Gasteiger partial charge in [0.1, 0.15) is 11.6 Å². The number of amides is 2. The predicted octanol–water partition coefficient (Wildman–Crippen LogP) is 0.372. The van der Waals surface area contributed by atoms with Gasteiger partial charge < -0.3 is 15.4 Å². The van der Waals surface area contributed by atoms with Crippen molar-refractivity contribution in [3.8, 4) is 5.75 Å². The van der Waals surface area contributed by atoms with Crippen LogP contribution in [0.3, 0.4) is 0 Å². The average molecular weight is 488 g/mol. The number of hydrogen-bond acceptors (Lipinski definition) is 6. The molecule has 0 bridgehead atoms. The normalized spacial score (nSPS) is 21.5. The van der Waals surface area contributed by atoms with E-state index < -0.39 is 48.4 Å². The number of nitrogens with one attached hydrogen (secondary N) is 3. The number of halogens is 5. The van der Waals surface area contributed by atoms with E-state index in [1.165, 1.54) is 12.1 Å². The first kappa shape index (κ1) is 25.3. The Morgan fingerprint density at radius 1 is 1.32 bits per heavy atom. The lowest BCUT2D eigenvalue weighted by atomic mass is 9.99. The highest BCUT2D eigenvalue weighted by Gasteiger charge is 2.35. The summed E-state index contributed by atoms with van der Waals surface area (Å²) >= 11 is 5.59. The van der Waals surface area contributed by atoms with Crippen molar-refractivity contribution in [2.75, 3.05) is 26.4 Å². The Hall–Kier alpha value is -1.93. The molecule has 0 aliphatic carbocycles. The van der Waals surface area contributed by atoms with Gasteiger partial charge in [0.2, 0.25) is 0 Å². The van der Waals surface area contributed by atoms with Crippen molar-refractivity contribution in [1.82, 2.24) is 16.1 Å². The van der Waals surface area contributed by atoms with E-state index in [9.17, 15) is 27.2 Å². The van der Waals surface area contributed by atoms with Gasteiger partial charge in [-0.2, -0.15) is 0 Å². The second kappa shape index (κ2) is 11.1. The van der Waals surface area contributed by atoms with E-state index in [1.54, 1.807) is 0 Å². The third-order valence-corrected chi connectivity index (χ3v) is 5.78. The molecule has 0 saturated carbocycles. The topological polar surface area (TPSA) is 97.9 Å². The van der Waals surface area contributed by atoms with Crippen LogP contribution in [0.15, 0.2) is 18.2 Å². The Morgan fingerprint density at radius 3 is 2.68 bits per heavy atom. The number of piperidine rings is 1. The standard InChI is InChI=1S/C17H22ClF4N3O5Si/c18-11-2-1-10(7-12(11)19)28-8-14(26)24-16(31)4-3-13(23-9-16)15(27)25-30-6-5-29-17(20,21)22/h1-2,7,13,23H,3-6,8-9H2,31H3,(H,24,26)(H,25,27)/t13-,16+/m1/s1. The van der Waals surface area contributed by atoms with Crippen LogP contribution in [0, 0.1) is 5.82 Å². The van der Waals surface area contributed by atoms with Gasteiger partial charge in [0.05, 0.1) is 24.3 Å². The molecule has 1 aromatic carbocycles. The molecule has 1 fully saturated rings. The molecule has 0 radical (unpaired) electrons. The summed E-state index contributed by atoms with van der Waals surface area (Å²) in [5.74, 6) is -1.42. The number of ether oxygens (including phenoxy) is 2. The summed E-state index contributed by atoms with van der Waals surface area (Å²) in [4.78, 5) is 28.9. The first-order valence-corrected chi connectivity index (χ1v) is 10.6. The summed E-state index contributed by atoms with van der Waals surface area (Å²) in [7, 11) is 0.575. The van der Waals surface area contributed by atoms with E-state index in [4.69, 9.17) is 16.3 Å². The van der Waals surface area contributed by atoms with Crippen LogP contribution in [0.5, 0.6) is 5.75 Å². The minimum Gasteiger partial charge on any atom is -0.484 e. The Balaban J connectivity index is 1.68. The zero-order chi connectivity index (χ0) is 23.1. The fourth-order valence-corrected chi connectivity index (χ4v) is 3.70. The molecule has 3 N–H and O–H groups in total. The van der Waals surface area contributed by atoms with Crippen molar-refractivity contribution in [3.05, 3.63) is 29.0 Å². The van der Waals surface area contributed by atoms with Crippen molar-refractivity contribution in [3.63, 3.8) is 0 Å². The minimum atomic E-state index is -4.76. The molecule has 1 aliphatic heterocycles. The molecule has 2 amide bonds. The zero-order valence-corrected chi connectivity index (χ0v) is 19.2. The first-order valence-electron chi connectivity index (χ1n) is 9.22. The van der Waals surface area contributed by atoms with Gasteiger partial charge >= 0.3 is 6.36 Å². The quantitative estimate of drug-likeness (QED) is 0.201. The van der Waals surface area contributed by atoms with E-state index in [0.717, 1.165) is 6.07 Å². The van der Waals surface area contributed by atoms with Crippen LogP contribution in [0.2, 0.25) is 5.02 Å². The maximum Gasteiger partial charge on any atom is 0.522 e. The van der Waals surface area contributed by atoms with E-state index in [-0.39, 0.29) is 17.4 Å². The van der Waals surface area contributed by atoms with Crippen LogP contribution in [0.1, 0.15) is 12.8 Å². The number of carbonyl (C=O) groups is 2. The largest absolute Gasteiger partial charge is 0.522 e. The molecule has 0 spiro atoms. The minimum absolute atomic E-state index is 0.0535. The Labute approximate surface area is 183 Å². The first-order chi connectivity index (χ1) is 14.5. The maximum atomic E-state index is 13.4. The van der Waals surface area contributed by atoms with Crippen molar-refractivity contribution < 1.29 is 41.5 Å². The number of alkyl halides is 3. The summed E-state index contributed by atoms with van der Waals surface area (Å²) < 4.78 is 57.7. The number of hydrogen-bond donors (Lipinski definition) is 3. The molecule has 8 nitrogen and oxygen atoms in total. The molecule has 2 rings (SSSR count). The lowest BCUT2D eigenvalue weighted by Gasteiger charge is -2.38. The molecule has 174 valence electrons. The molecule has 1 aromatic rings. The van der Waals surface area contributed by atoms with Crippen molar-refractivity contribution in [2.45, 2.75) is 30.4 Å².